The zero-order chi connectivity index (χ0) is 9.84. The Morgan fingerprint density at radius 2 is 2.31 bits per heavy atom. The van der Waals surface area contributed by atoms with E-state index in [4.69, 9.17) is 0 Å². The van der Waals surface area contributed by atoms with E-state index in [1.54, 1.807) is 0 Å². The van der Waals surface area contributed by atoms with E-state index in [1.165, 1.54) is 0 Å². The highest BCUT2D eigenvalue weighted by molar-refractivity contribution is 7.79. The Bertz CT molecular complexity index is 219. The molecule has 4 nitrogen and oxygen atoms in total. The molecule has 1 N–H and O–H groups in total. The summed E-state index contributed by atoms with van der Waals surface area (Å²) in [5, 5.41) is 2.39. The molecule has 1 saturated carbocycles. The largest absolute Gasteiger partial charge is 0.772 e. The summed E-state index contributed by atoms with van der Waals surface area (Å²) in [7, 11) is 0. The molecular formula is C8H14NO3S-. The van der Waals surface area contributed by atoms with Crippen molar-refractivity contribution in [3.8, 4) is 0 Å². The van der Waals surface area contributed by atoms with Gasteiger partial charge in [-0.2, -0.15) is 0 Å². The lowest BCUT2D eigenvalue weighted by Crippen LogP contribution is -2.29. The molecule has 3 unspecified atom stereocenters. The third-order valence-corrected chi connectivity index (χ3v) is 3.35. The maximum absolute atomic E-state index is 11.3. The highest BCUT2D eigenvalue weighted by Crippen LogP contribution is 2.28. The van der Waals surface area contributed by atoms with Gasteiger partial charge in [0, 0.05) is 17.7 Å². The van der Waals surface area contributed by atoms with Crippen LogP contribution in [0.2, 0.25) is 0 Å². The SMILES string of the molecule is CCNC(=O)C1CCC(S(=O)[O-])C1. The van der Waals surface area contributed by atoms with Crippen molar-refractivity contribution in [2.45, 2.75) is 31.4 Å². The zero-order valence-corrected chi connectivity index (χ0v) is 8.43. The van der Waals surface area contributed by atoms with Gasteiger partial charge in [0.25, 0.3) is 0 Å². The highest BCUT2D eigenvalue weighted by Gasteiger charge is 2.29. The first-order valence-electron chi connectivity index (χ1n) is 4.51. The van der Waals surface area contributed by atoms with Gasteiger partial charge in [-0.25, -0.2) is 0 Å². The van der Waals surface area contributed by atoms with Gasteiger partial charge in [-0.05, 0) is 26.2 Å². The highest BCUT2D eigenvalue weighted by atomic mass is 32.2. The van der Waals surface area contributed by atoms with Crippen molar-refractivity contribution in [3.63, 3.8) is 0 Å². The van der Waals surface area contributed by atoms with Gasteiger partial charge in [-0.3, -0.25) is 9.00 Å². The molecule has 0 heterocycles. The molecule has 1 amide bonds. The van der Waals surface area contributed by atoms with Crippen molar-refractivity contribution in [3.05, 3.63) is 0 Å². The second-order valence-corrected chi connectivity index (χ2v) is 4.47. The van der Waals surface area contributed by atoms with E-state index in [-0.39, 0.29) is 17.1 Å². The molecule has 13 heavy (non-hydrogen) atoms. The van der Waals surface area contributed by atoms with Gasteiger partial charge in [0.05, 0.1) is 0 Å². The molecule has 1 rings (SSSR count). The van der Waals surface area contributed by atoms with Crippen LogP contribution in [0.4, 0.5) is 0 Å². The molecule has 3 atom stereocenters. The fraction of sp³-hybridized carbons (Fsp3) is 0.875. The fourth-order valence-electron chi connectivity index (χ4n) is 1.67. The minimum absolute atomic E-state index is 0.00421. The zero-order valence-electron chi connectivity index (χ0n) is 7.62. The molecule has 1 aliphatic rings. The third-order valence-electron chi connectivity index (χ3n) is 2.38. The molecular weight excluding hydrogens is 190 g/mol. The Kier molecular flexibility index (Phi) is 3.87. The lowest BCUT2D eigenvalue weighted by atomic mass is 10.1. The number of hydrogen-bond donors (Lipinski definition) is 1. The normalized spacial score (nSPS) is 30.0. The Morgan fingerprint density at radius 1 is 1.62 bits per heavy atom. The van der Waals surface area contributed by atoms with E-state index in [1.807, 2.05) is 6.92 Å². The van der Waals surface area contributed by atoms with Crippen molar-refractivity contribution in [1.82, 2.24) is 5.32 Å². The number of nitrogens with one attached hydrogen (secondary N) is 1. The van der Waals surface area contributed by atoms with Crippen LogP contribution >= 0.6 is 0 Å². The fourth-order valence-corrected chi connectivity index (χ4v) is 2.39. The first-order valence-corrected chi connectivity index (χ1v) is 5.64. The Morgan fingerprint density at radius 3 is 2.77 bits per heavy atom. The minimum Gasteiger partial charge on any atom is -0.772 e. The number of carbonyl (C=O) groups excluding carboxylic acids is 1. The molecule has 0 aromatic heterocycles. The first-order chi connectivity index (χ1) is 6.15. The van der Waals surface area contributed by atoms with Gasteiger partial charge < -0.3 is 9.87 Å². The van der Waals surface area contributed by atoms with Crippen LogP contribution in [-0.2, 0) is 15.9 Å². The summed E-state index contributed by atoms with van der Waals surface area (Å²) in [6.45, 7) is 2.47. The van der Waals surface area contributed by atoms with Crippen LogP contribution < -0.4 is 5.32 Å². The predicted octanol–water partition coefficient (Wildman–Crippen LogP) is 0.170. The molecule has 0 saturated heterocycles. The molecule has 5 heteroatoms. The molecule has 0 spiro atoms. The van der Waals surface area contributed by atoms with Crippen molar-refractivity contribution in [2.24, 2.45) is 5.92 Å². The average molecular weight is 204 g/mol. The summed E-state index contributed by atoms with van der Waals surface area (Å²) in [5.74, 6) is -0.0988. The summed E-state index contributed by atoms with van der Waals surface area (Å²) in [6, 6.07) is 0. The monoisotopic (exact) mass is 204 g/mol. The Labute approximate surface area is 80.4 Å². The Hall–Kier alpha value is -0.420. The Balaban J connectivity index is 2.40. The second kappa shape index (κ2) is 4.72. The molecule has 0 aromatic carbocycles. The lowest BCUT2D eigenvalue weighted by Gasteiger charge is -2.13. The molecule has 0 radical (unpaired) electrons. The summed E-state index contributed by atoms with van der Waals surface area (Å²) in [4.78, 5) is 11.3. The van der Waals surface area contributed by atoms with Crippen molar-refractivity contribution >= 4 is 17.0 Å². The van der Waals surface area contributed by atoms with Crippen LogP contribution in [0.25, 0.3) is 0 Å². The van der Waals surface area contributed by atoms with Gasteiger partial charge in [0.15, 0.2) is 0 Å². The maximum Gasteiger partial charge on any atom is 0.223 e. The van der Waals surface area contributed by atoms with E-state index < -0.39 is 11.1 Å². The van der Waals surface area contributed by atoms with Gasteiger partial charge in [-0.15, -0.1) is 0 Å². The summed E-state index contributed by atoms with van der Waals surface area (Å²) in [5.41, 5.74) is 0. The third kappa shape index (κ3) is 2.77. The molecule has 0 aliphatic heterocycles. The minimum atomic E-state index is -2.01. The van der Waals surface area contributed by atoms with E-state index >= 15 is 0 Å². The standard InChI is InChI=1S/C8H15NO3S/c1-2-9-8(10)6-3-4-7(5-6)13(11)12/h6-7H,2-5H2,1H3,(H,9,10)(H,11,12)/p-1. The lowest BCUT2D eigenvalue weighted by molar-refractivity contribution is -0.124. The predicted molar refractivity (Wildman–Crippen MR) is 48.7 cm³/mol. The molecule has 1 aliphatic carbocycles. The van der Waals surface area contributed by atoms with Crippen LogP contribution in [-0.4, -0.2) is 26.5 Å². The van der Waals surface area contributed by atoms with Crippen molar-refractivity contribution < 1.29 is 13.6 Å². The first kappa shape index (κ1) is 10.7. The van der Waals surface area contributed by atoms with E-state index in [0.717, 1.165) is 0 Å². The molecule has 1 fully saturated rings. The molecule has 0 aromatic rings. The summed E-state index contributed by atoms with van der Waals surface area (Å²) >= 11 is -2.01. The van der Waals surface area contributed by atoms with Gasteiger partial charge >= 0.3 is 0 Å². The van der Waals surface area contributed by atoms with E-state index in [9.17, 15) is 13.6 Å². The summed E-state index contributed by atoms with van der Waals surface area (Å²) < 4.78 is 21.2. The number of carbonyl (C=O) groups is 1. The average Bonchev–Trinajstić information content (AvgIpc) is 2.52. The van der Waals surface area contributed by atoms with Gasteiger partial charge in [0.2, 0.25) is 5.91 Å². The van der Waals surface area contributed by atoms with Crippen LogP contribution in [0, 0.1) is 5.92 Å². The van der Waals surface area contributed by atoms with Crippen molar-refractivity contribution in [2.75, 3.05) is 6.54 Å². The van der Waals surface area contributed by atoms with Gasteiger partial charge in [-0.1, -0.05) is 11.1 Å². The maximum atomic E-state index is 11.3. The van der Waals surface area contributed by atoms with Crippen LogP contribution in [0.3, 0.4) is 0 Å². The van der Waals surface area contributed by atoms with Crippen LogP contribution in [0.5, 0.6) is 0 Å². The van der Waals surface area contributed by atoms with E-state index in [0.29, 0.717) is 25.8 Å². The van der Waals surface area contributed by atoms with Crippen LogP contribution in [0.1, 0.15) is 26.2 Å². The van der Waals surface area contributed by atoms with Gasteiger partial charge in [0.1, 0.15) is 0 Å². The molecule has 76 valence electrons. The number of amides is 1. The summed E-state index contributed by atoms with van der Waals surface area (Å²) in [6.07, 6.45) is 1.81. The topological polar surface area (TPSA) is 69.2 Å². The van der Waals surface area contributed by atoms with E-state index in [2.05, 4.69) is 5.32 Å². The molecule has 0 bridgehead atoms. The van der Waals surface area contributed by atoms with Crippen LogP contribution in [0.15, 0.2) is 0 Å². The second-order valence-electron chi connectivity index (χ2n) is 3.29. The number of rotatable bonds is 3. The van der Waals surface area contributed by atoms with Crippen molar-refractivity contribution in [1.29, 1.82) is 0 Å². The smallest absolute Gasteiger partial charge is 0.223 e. The number of hydrogen-bond acceptors (Lipinski definition) is 3. The quantitative estimate of drug-likeness (QED) is 0.666.